The zero-order chi connectivity index (χ0) is 39.7. The first kappa shape index (κ1) is 38.1. The van der Waals surface area contributed by atoms with E-state index in [4.69, 9.17) is 24.4 Å². The van der Waals surface area contributed by atoms with Crippen molar-refractivity contribution in [2.45, 2.75) is 77.5 Å². The van der Waals surface area contributed by atoms with Gasteiger partial charge in [-0.05, 0) is 79.2 Å². The molecule has 5 heterocycles. The molecule has 4 N–H and O–H groups in total. The first-order valence-electron chi connectivity index (χ1n) is 19.1. The van der Waals surface area contributed by atoms with Crippen LogP contribution in [0.4, 0.5) is 9.59 Å². The standard InChI is InChI=1S/C41H47N9O6/c1-22(2)32(46-40(53)55-5)38(51)49-19-7-9-30(49)36-43-28-17-13-25-21-24(12-16-27(25)34(28)45-36)11-14-26-15-18-29-35(42-26)48-37(44-29)31-10-8-20-50(31)39(52)33(23(3)4)47-41(54)56-6/h12-13,15-18,21-23,30-33H,7-10,19-20H2,1-6H3,(H,43,45)(H,46,53)(H,47,54)(H,42,44,48). The van der Waals surface area contributed by atoms with Crippen molar-refractivity contribution in [2.75, 3.05) is 27.3 Å². The van der Waals surface area contributed by atoms with Crippen molar-refractivity contribution >= 4 is 57.0 Å². The Labute approximate surface area is 324 Å². The number of pyridine rings is 1. The van der Waals surface area contributed by atoms with Gasteiger partial charge in [0.2, 0.25) is 11.8 Å². The van der Waals surface area contributed by atoms with E-state index in [1.807, 2.05) is 75.1 Å². The average Bonchev–Trinajstić information content (AvgIpc) is 4.02. The van der Waals surface area contributed by atoms with Crippen LogP contribution in [0.3, 0.4) is 0 Å². The number of nitrogens with one attached hydrogen (secondary N) is 4. The fraction of sp³-hybridized carbons (Fsp3) is 0.439. The Morgan fingerprint density at radius 1 is 0.732 bits per heavy atom. The summed E-state index contributed by atoms with van der Waals surface area (Å²) in [6.07, 6.45) is 1.88. The summed E-state index contributed by atoms with van der Waals surface area (Å²) in [5.74, 6) is 7.21. The van der Waals surface area contributed by atoms with Gasteiger partial charge in [-0.3, -0.25) is 9.59 Å². The highest BCUT2D eigenvalue weighted by Gasteiger charge is 2.39. The maximum atomic E-state index is 13.6. The molecule has 15 heteroatoms. The third kappa shape index (κ3) is 7.56. The summed E-state index contributed by atoms with van der Waals surface area (Å²) in [5.41, 5.74) is 4.31. The van der Waals surface area contributed by atoms with Gasteiger partial charge in [0.15, 0.2) is 5.65 Å². The van der Waals surface area contributed by atoms with Crippen LogP contribution >= 0.6 is 0 Å². The van der Waals surface area contributed by atoms with Crippen LogP contribution in [0.25, 0.3) is 33.0 Å². The van der Waals surface area contributed by atoms with Crippen LogP contribution in [0, 0.1) is 23.7 Å². The van der Waals surface area contributed by atoms with Crippen molar-refractivity contribution in [3.63, 3.8) is 0 Å². The second-order valence-corrected chi connectivity index (χ2v) is 15.1. The monoisotopic (exact) mass is 761 g/mol. The minimum absolute atomic E-state index is 0.119. The number of benzene rings is 2. The Morgan fingerprint density at radius 3 is 1.89 bits per heavy atom. The molecule has 2 aliphatic heterocycles. The molecule has 2 aromatic carbocycles. The topological polar surface area (TPSA) is 188 Å². The van der Waals surface area contributed by atoms with Crippen LogP contribution < -0.4 is 10.6 Å². The SMILES string of the molecule is COC(=O)NC(C(=O)N1CCCC1c1nc2nc(C#Cc3ccc4c(ccc5[nH]c(C6CCCN6C(=O)C(NC(=O)OC)C(C)C)nc54)c3)ccc2[nH]1)C(C)C. The zero-order valence-corrected chi connectivity index (χ0v) is 32.4. The number of fused-ring (bicyclic) bond motifs is 4. The van der Waals surface area contributed by atoms with Crippen LogP contribution in [-0.4, -0.2) is 98.1 Å². The van der Waals surface area contributed by atoms with Crippen molar-refractivity contribution in [1.82, 2.24) is 45.4 Å². The highest BCUT2D eigenvalue weighted by molar-refractivity contribution is 6.04. The minimum Gasteiger partial charge on any atom is -0.453 e. The molecule has 2 saturated heterocycles. The lowest BCUT2D eigenvalue weighted by atomic mass is 10.0. The minimum atomic E-state index is -0.715. The molecule has 0 radical (unpaired) electrons. The molecule has 4 atom stereocenters. The van der Waals surface area contributed by atoms with Crippen molar-refractivity contribution in [3.05, 3.63) is 65.4 Å². The number of carbonyl (C=O) groups is 4. The van der Waals surface area contributed by atoms with E-state index in [9.17, 15) is 19.2 Å². The lowest BCUT2D eigenvalue weighted by Gasteiger charge is -2.29. The predicted octanol–water partition coefficient (Wildman–Crippen LogP) is 5.48. The average molecular weight is 762 g/mol. The van der Waals surface area contributed by atoms with Gasteiger partial charge in [-0.1, -0.05) is 45.7 Å². The van der Waals surface area contributed by atoms with Crippen LogP contribution in [0.15, 0.2) is 42.5 Å². The molecular weight excluding hydrogens is 715 g/mol. The highest BCUT2D eigenvalue weighted by Crippen LogP contribution is 2.35. The van der Waals surface area contributed by atoms with E-state index in [2.05, 4.69) is 32.4 Å². The number of H-pyrrole nitrogens is 2. The number of aromatic amines is 2. The molecule has 0 saturated carbocycles. The number of carbonyl (C=O) groups excluding carboxylic acids is 4. The molecule has 292 valence electrons. The number of amides is 4. The van der Waals surface area contributed by atoms with Crippen LogP contribution in [0.2, 0.25) is 0 Å². The van der Waals surface area contributed by atoms with Gasteiger partial charge >= 0.3 is 12.2 Å². The van der Waals surface area contributed by atoms with Crippen molar-refractivity contribution in [3.8, 4) is 11.8 Å². The van der Waals surface area contributed by atoms with Gasteiger partial charge in [-0.2, -0.15) is 0 Å². The third-order valence-electron chi connectivity index (χ3n) is 10.7. The predicted molar refractivity (Wildman–Crippen MR) is 209 cm³/mol. The van der Waals surface area contributed by atoms with E-state index in [0.29, 0.717) is 36.1 Å². The second-order valence-electron chi connectivity index (χ2n) is 15.1. The Balaban J connectivity index is 1.09. The summed E-state index contributed by atoms with van der Waals surface area (Å²) in [4.78, 5) is 76.0. The zero-order valence-electron chi connectivity index (χ0n) is 32.4. The number of methoxy groups -OCH3 is 2. The molecule has 0 aliphatic carbocycles. The summed E-state index contributed by atoms with van der Waals surface area (Å²) in [5, 5.41) is 7.32. The largest absolute Gasteiger partial charge is 0.453 e. The molecule has 56 heavy (non-hydrogen) atoms. The van der Waals surface area contributed by atoms with E-state index < -0.39 is 24.3 Å². The van der Waals surface area contributed by atoms with Gasteiger partial charge < -0.3 is 39.9 Å². The maximum Gasteiger partial charge on any atom is 0.407 e. The Hall–Kier alpha value is -6.17. The molecule has 15 nitrogen and oxygen atoms in total. The van der Waals surface area contributed by atoms with Gasteiger partial charge in [0.05, 0.1) is 42.9 Å². The molecule has 3 aromatic heterocycles. The van der Waals surface area contributed by atoms with E-state index >= 15 is 0 Å². The maximum absolute atomic E-state index is 13.6. The first-order chi connectivity index (χ1) is 26.9. The Morgan fingerprint density at radius 2 is 1.30 bits per heavy atom. The number of imidazole rings is 2. The molecular formula is C41H47N9O6. The van der Waals surface area contributed by atoms with E-state index in [0.717, 1.165) is 58.6 Å². The van der Waals surface area contributed by atoms with Crippen LogP contribution in [-0.2, 0) is 19.1 Å². The Kier molecular flexibility index (Phi) is 10.8. The van der Waals surface area contributed by atoms with Crippen molar-refractivity contribution in [1.29, 1.82) is 0 Å². The van der Waals surface area contributed by atoms with Gasteiger partial charge in [0, 0.05) is 24.0 Å². The lowest BCUT2D eigenvalue weighted by Crippen LogP contribution is -2.51. The number of rotatable bonds is 8. The quantitative estimate of drug-likeness (QED) is 0.149. The van der Waals surface area contributed by atoms with E-state index in [-0.39, 0.29) is 35.7 Å². The smallest absolute Gasteiger partial charge is 0.407 e. The summed E-state index contributed by atoms with van der Waals surface area (Å²) in [7, 11) is 2.57. The normalized spacial score (nSPS) is 18.0. The number of hydrogen-bond acceptors (Lipinski definition) is 9. The summed E-state index contributed by atoms with van der Waals surface area (Å²) in [6.45, 7) is 8.71. The number of aromatic nitrogens is 5. The lowest BCUT2D eigenvalue weighted by molar-refractivity contribution is -0.136. The molecule has 0 spiro atoms. The van der Waals surface area contributed by atoms with Crippen molar-refractivity contribution in [2.24, 2.45) is 11.8 Å². The molecule has 2 aliphatic rings. The summed E-state index contributed by atoms with van der Waals surface area (Å²) in [6, 6.07) is 11.8. The van der Waals surface area contributed by atoms with Crippen LogP contribution in [0.5, 0.6) is 0 Å². The van der Waals surface area contributed by atoms with E-state index in [1.54, 1.807) is 4.90 Å². The van der Waals surface area contributed by atoms with Gasteiger partial charge in [-0.25, -0.2) is 24.5 Å². The summed E-state index contributed by atoms with van der Waals surface area (Å²) >= 11 is 0. The first-order valence-corrected chi connectivity index (χ1v) is 19.1. The van der Waals surface area contributed by atoms with Gasteiger partial charge in [0.1, 0.15) is 29.4 Å². The molecule has 7 rings (SSSR count). The number of alkyl carbamates (subject to hydrolysis) is 2. The van der Waals surface area contributed by atoms with Crippen LogP contribution in [0.1, 0.15) is 88.4 Å². The molecule has 2 fully saturated rings. The van der Waals surface area contributed by atoms with Gasteiger partial charge in [-0.15, -0.1) is 0 Å². The number of hydrogen-bond donors (Lipinski definition) is 4. The molecule has 4 unspecified atom stereocenters. The fourth-order valence-electron chi connectivity index (χ4n) is 7.72. The molecule has 4 amide bonds. The third-order valence-corrected chi connectivity index (χ3v) is 10.7. The molecule has 0 bridgehead atoms. The second kappa shape index (κ2) is 15.9. The fourth-order valence-corrected chi connectivity index (χ4v) is 7.72. The number of nitrogens with zero attached hydrogens (tertiary/aromatic N) is 5. The summed E-state index contributed by atoms with van der Waals surface area (Å²) < 4.78 is 9.52. The Bertz CT molecular complexity index is 2370. The number of ether oxygens (including phenoxy) is 2. The van der Waals surface area contributed by atoms with Gasteiger partial charge in [0.25, 0.3) is 0 Å². The highest BCUT2D eigenvalue weighted by atomic mass is 16.5. The molecule has 5 aromatic rings. The van der Waals surface area contributed by atoms with E-state index in [1.165, 1.54) is 14.2 Å². The number of likely N-dealkylation sites (tertiary alicyclic amines) is 2. The van der Waals surface area contributed by atoms with Crippen molar-refractivity contribution < 1.29 is 28.7 Å².